The summed E-state index contributed by atoms with van der Waals surface area (Å²) in [6.07, 6.45) is 2.81. The largest absolute Gasteiger partial charge is 0.489 e. The van der Waals surface area contributed by atoms with Crippen LogP contribution in [0.25, 0.3) is 11.0 Å². The van der Waals surface area contributed by atoms with Gasteiger partial charge in [0, 0.05) is 11.5 Å². The van der Waals surface area contributed by atoms with Crippen molar-refractivity contribution in [3.63, 3.8) is 0 Å². The normalized spacial score (nSPS) is 10.8. The van der Waals surface area contributed by atoms with Gasteiger partial charge in [0.15, 0.2) is 0 Å². The van der Waals surface area contributed by atoms with E-state index in [-0.39, 0.29) is 0 Å². The number of ether oxygens (including phenoxy) is 1. The van der Waals surface area contributed by atoms with Gasteiger partial charge in [0.2, 0.25) is 0 Å². The molecule has 0 radical (unpaired) electrons. The lowest BCUT2D eigenvalue weighted by Crippen LogP contribution is -1.94. The van der Waals surface area contributed by atoms with Crippen LogP contribution in [0.2, 0.25) is 0 Å². The van der Waals surface area contributed by atoms with Crippen molar-refractivity contribution in [2.75, 3.05) is 0 Å². The highest BCUT2D eigenvalue weighted by atomic mass is 16.5. The summed E-state index contributed by atoms with van der Waals surface area (Å²) in [5.41, 5.74) is 3.29. The molecule has 0 saturated carbocycles. The predicted molar refractivity (Wildman–Crippen MR) is 76.4 cm³/mol. The lowest BCUT2D eigenvalue weighted by atomic mass is 10.1. The smallest absolute Gasteiger partial charge is 0.137 e. The van der Waals surface area contributed by atoms with E-state index in [1.165, 1.54) is 10.9 Å². The molecular formula is C17H16O2. The number of aryl methyl sites for hydroxylation is 1. The molecule has 1 heterocycles. The SMILES string of the molecule is CCc1coc2cc(OCc3ccccc3)ccc12. The van der Waals surface area contributed by atoms with Crippen molar-refractivity contribution >= 4 is 11.0 Å². The van der Waals surface area contributed by atoms with Gasteiger partial charge < -0.3 is 9.15 Å². The Hall–Kier alpha value is -2.22. The molecule has 0 atom stereocenters. The maximum Gasteiger partial charge on any atom is 0.137 e. The lowest BCUT2D eigenvalue weighted by molar-refractivity contribution is 0.306. The first kappa shape index (κ1) is 11.8. The van der Waals surface area contributed by atoms with E-state index >= 15 is 0 Å². The molecule has 0 amide bonds. The molecule has 2 heteroatoms. The van der Waals surface area contributed by atoms with Crippen LogP contribution < -0.4 is 4.74 Å². The van der Waals surface area contributed by atoms with E-state index in [0.29, 0.717) is 6.61 Å². The zero-order valence-electron chi connectivity index (χ0n) is 10.9. The topological polar surface area (TPSA) is 22.4 Å². The summed E-state index contributed by atoms with van der Waals surface area (Å²) in [4.78, 5) is 0. The Labute approximate surface area is 112 Å². The first-order chi connectivity index (χ1) is 9.36. The number of furan rings is 1. The molecule has 3 aromatic rings. The van der Waals surface area contributed by atoms with E-state index in [2.05, 4.69) is 25.1 Å². The monoisotopic (exact) mass is 252 g/mol. The van der Waals surface area contributed by atoms with Crippen molar-refractivity contribution in [2.45, 2.75) is 20.0 Å². The minimum absolute atomic E-state index is 0.577. The number of benzene rings is 2. The van der Waals surface area contributed by atoms with Gasteiger partial charge in [-0.2, -0.15) is 0 Å². The van der Waals surface area contributed by atoms with E-state index in [9.17, 15) is 0 Å². The van der Waals surface area contributed by atoms with Gasteiger partial charge in [-0.15, -0.1) is 0 Å². The molecule has 0 bridgehead atoms. The van der Waals surface area contributed by atoms with Gasteiger partial charge in [0.1, 0.15) is 17.9 Å². The maximum atomic E-state index is 5.78. The van der Waals surface area contributed by atoms with Crippen molar-refractivity contribution < 1.29 is 9.15 Å². The van der Waals surface area contributed by atoms with Crippen LogP contribution in [0.1, 0.15) is 18.1 Å². The molecule has 0 aliphatic carbocycles. The van der Waals surface area contributed by atoms with Gasteiger partial charge >= 0.3 is 0 Å². The van der Waals surface area contributed by atoms with Gasteiger partial charge in [0.05, 0.1) is 6.26 Å². The lowest BCUT2D eigenvalue weighted by Gasteiger charge is -2.06. The van der Waals surface area contributed by atoms with E-state index in [1.807, 2.05) is 36.6 Å². The summed E-state index contributed by atoms with van der Waals surface area (Å²) in [5, 5.41) is 1.18. The van der Waals surface area contributed by atoms with E-state index in [1.54, 1.807) is 0 Å². The second-order valence-corrected chi connectivity index (χ2v) is 4.55. The number of hydrogen-bond acceptors (Lipinski definition) is 2. The molecule has 19 heavy (non-hydrogen) atoms. The first-order valence-corrected chi connectivity index (χ1v) is 6.53. The average Bonchev–Trinajstić information content (AvgIpc) is 2.88. The molecular weight excluding hydrogens is 236 g/mol. The van der Waals surface area contributed by atoms with Gasteiger partial charge in [-0.05, 0) is 29.7 Å². The molecule has 2 nitrogen and oxygen atoms in total. The molecule has 0 unspecified atom stereocenters. The fourth-order valence-corrected chi connectivity index (χ4v) is 2.17. The van der Waals surface area contributed by atoms with Crippen LogP contribution in [0.4, 0.5) is 0 Å². The molecule has 96 valence electrons. The minimum Gasteiger partial charge on any atom is -0.489 e. The fraction of sp³-hybridized carbons (Fsp3) is 0.176. The van der Waals surface area contributed by atoms with Crippen molar-refractivity contribution in [1.29, 1.82) is 0 Å². The summed E-state index contributed by atoms with van der Waals surface area (Å²) in [7, 11) is 0. The average molecular weight is 252 g/mol. The maximum absolute atomic E-state index is 5.78. The van der Waals surface area contributed by atoms with Gasteiger partial charge in [-0.1, -0.05) is 37.3 Å². The van der Waals surface area contributed by atoms with Crippen LogP contribution in [0, 0.1) is 0 Å². The molecule has 2 aromatic carbocycles. The van der Waals surface area contributed by atoms with Crippen molar-refractivity contribution in [3.05, 3.63) is 65.9 Å². The van der Waals surface area contributed by atoms with E-state index in [4.69, 9.17) is 9.15 Å². The molecule has 0 spiro atoms. The summed E-state index contributed by atoms with van der Waals surface area (Å²) in [6, 6.07) is 16.2. The summed E-state index contributed by atoms with van der Waals surface area (Å²) in [5.74, 6) is 0.841. The predicted octanol–water partition coefficient (Wildman–Crippen LogP) is 4.57. The highest BCUT2D eigenvalue weighted by Gasteiger charge is 2.05. The highest BCUT2D eigenvalue weighted by molar-refractivity contribution is 5.82. The van der Waals surface area contributed by atoms with E-state index in [0.717, 1.165) is 23.3 Å². The van der Waals surface area contributed by atoms with Gasteiger partial charge in [-0.3, -0.25) is 0 Å². The third-order valence-corrected chi connectivity index (χ3v) is 3.26. The zero-order valence-corrected chi connectivity index (χ0v) is 10.9. The Kier molecular flexibility index (Phi) is 3.23. The Morgan fingerprint density at radius 1 is 1.05 bits per heavy atom. The van der Waals surface area contributed by atoms with Crippen LogP contribution in [0.3, 0.4) is 0 Å². The van der Waals surface area contributed by atoms with Gasteiger partial charge in [0.25, 0.3) is 0 Å². The third kappa shape index (κ3) is 2.48. The standard InChI is InChI=1S/C17H16O2/c1-2-14-12-19-17-10-15(8-9-16(14)17)18-11-13-6-4-3-5-7-13/h3-10,12H,2,11H2,1H3. The number of rotatable bonds is 4. The molecule has 3 rings (SSSR count). The molecule has 1 aromatic heterocycles. The third-order valence-electron chi connectivity index (χ3n) is 3.26. The molecule has 0 N–H and O–H groups in total. The van der Waals surface area contributed by atoms with Crippen molar-refractivity contribution in [3.8, 4) is 5.75 Å². The van der Waals surface area contributed by atoms with Crippen LogP contribution in [0.5, 0.6) is 5.75 Å². The number of fused-ring (bicyclic) bond motifs is 1. The second kappa shape index (κ2) is 5.19. The molecule has 0 fully saturated rings. The van der Waals surface area contributed by atoms with Crippen LogP contribution in [-0.2, 0) is 13.0 Å². The highest BCUT2D eigenvalue weighted by Crippen LogP contribution is 2.26. The molecule has 0 saturated heterocycles. The zero-order chi connectivity index (χ0) is 13.1. The van der Waals surface area contributed by atoms with E-state index < -0.39 is 0 Å². The Balaban J connectivity index is 1.78. The fourth-order valence-electron chi connectivity index (χ4n) is 2.17. The first-order valence-electron chi connectivity index (χ1n) is 6.53. The number of hydrogen-bond donors (Lipinski definition) is 0. The quantitative estimate of drug-likeness (QED) is 0.678. The van der Waals surface area contributed by atoms with Crippen LogP contribution in [-0.4, -0.2) is 0 Å². The Morgan fingerprint density at radius 3 is 2.68 bits per heavy atom. The van der Waals surface area contributed by atoms with Crippen LogP contribution in [0.15, 0.2) is 59.2 Å². The summed E-state index contributed by atoms with van der Waals surface area (Å²) >= 11 is 0. The van der Waals surface area contributed by atoms with Gasteiger partial charge in [-0.25, -0.2) is 0 Å². The molecule has 0 aliphatic rings. The van der Waals surface area contributed by atoms with Crippen molar-refractivity contribution in [1.82, 2.24) is 0 Å². The summed E-state index contributed by atoms with van der Waals surface area (Å²) < 4.78 is 11.3. The summed E-state index contributed by atoms with van der Waals surface area (Å²) in [6.45, 7) is 2.71. The van der Waals surface area contributed by atoms with Crippen molar-refractivity contribution in [2.24, 2.45) is 0 Å². The molecule has 0 aliphatic heterocycles. The van der Waals surface area contributed by atoms with Crippen LogP contribution >= 0.6 is 0 Å². The Bertz CT molecular complexity index is 668. The second-order valence-electron chi connectivity index (χ2n) is 4.55. The minimum atomic E-state index is 0.577. The Morgan fingerprint density at radius 2 is 1.89 bits per heavy atom.